The minimum atomic E-state index is -1.15. The number of carbonyl (C=O) groups is 4. The van der Waals surface area contributed by atoms with Gasteiger partial charge in [-0.3, -0.25) is 19.4 Å². The summed E-state index contributed by atoms with van der Waals surface area (Å²) in [5.74, 6) is -1.79. The largest absolute Gasteiger partial charge is 0.478 e. The Morgan fingerprint density at radius 3 is 1.31 bits per heavy atom. The van der Waals surface area contributed by atoms with Gasteiger partial charge in [0.05, 0.1) is 11.1 Å². The highest BCUT2D eigenvalue weighted by Gasteiger charge is 2.17. The van der Waals surface area contributed by atoms with Crippen LogP contribution in [0, 0.1) is 0 Å². The number of carboxylic acids is 2. The fraction of sp³-hybridized carbons (Fsp3) is 0. The Balaban J connectivity index is 1.69. The van der Waals surface area contributed by atoms with Gasteiger partial charge in [0.15, 0.2) is 24.1 Å². The Morgan fingerprint density at radius 1 is 0.556 bits per heavy atom. The van der Waals surface area contributed by atoms with E-state index < -0.39 is 11.9 Å². The summed E-state index contributed by atoms with van der Waals surface area (Å²) in [4.78, 5) is 57.2. The van der Waals surface area contributed by atoms with Crippen molar-refractivity contribution in [3.8, 4) is 33.8 Å². The zero-order chi connectivity index (χ0) is 25.7. The lowest BCUT2D eigenvalue weighted by Crippen LogP contribution is -2.05. The molecule has 178 valence electrons. The van der Waals surface area contributed by atoms with E-state index in [9.17, 15) is 29.4 Å². The molecule has 0 unspecified atom stereocenters. The fourth-order valence-electron chi connectivity index (χ4n) is 3.69. The van der Waals surface area contributed by atoms with Crippen LogP contribution < -0.4 is 9.78 Å². The molecule has 36 heavy (non-hydrogen) atoms. The van der Waals surface area contributed by atoms with Gasteiger partial charge in [0.2, 0.25) is 0 Å². The highest BCUT2D eigenvalue weighted by Crippen LogP contribution is 2.36. The average Bonchev–Trinajstić information content (AvgIpc) is 2.91. The molecular formula is C28H18O8. The van der Waals surface area contributed by atoms with Gasteiger partial charge in [0.1, 0.15) is 0 Å². The molecule has 0 saturated carbocycles. The maximum atomic E-state index is 11.7. The summed E-state index contributed by atoms with van der Waals surface area (Å²) in [6.07, 6.45) is 1.13. The van der Waals surface area contributed by atoms with Crippen LogP contribution in [-0.4, -0.2) is 34.7 Å². The lowest BCUT2D eigenvalue weighted by Gasteiger charge is -2.15. The van der Waals surface area contributed by atoms with Crippen LogP contribution in [0.1, 0.15) is 41.4 Å². The standard InChI is InChI=1S/C28H18O8/c29-15-19-13-17(27(31)32)9-11-21(19)23-5-1-3-7-25(23)35-36-26-8-4-2-6-24(26)22-12-10-18(28(33)34)14-20(22)16-30/h1-16H,(H,31,32)(H,33,34). The number of aromatic carboxylic acids is 2. The van der Waals surface area contributed by atoms with E-state index in [0.29, 0.717) is 34.8 Å². The zero-order valence-corrected chi connectivity index (χ0v) is 18.6. The van der Waals surface area contributed by atoms with Crippen LogP contribution in [0.3, 0.4) is 0 Å². The lowest BCUT2D eigenvalue weighted by atomic mass is 9.97. The van der Waals surface area contributed by atoms with E-state index in [1.165, 1.54) is 36.4 Å². The molecule has 8 heteroatoms. The molecule has 0 bridgehead atoms. The first-order valence-electron chi connectivity index (χ1n) is 10.6. The number of rotatable bonds is 9. The second-order valence-corrected chi connectivity index (χ2v) is 7.61. The molecule has 0 amide bonds. The van der Waals surface area contributed by atoms with Crippen LogP contribution in [0.15, 0.2) is 84.9 Å². The topological polar surface area (TPSA) is 127 Å². The van der Waals surface area contributed by atoms with Crippen LogP contribution in [0.2, 0.25) is 0 Å². The Bertz CT molecular complexity index is 1380. The van der Waals surface area contributed by atoms with Crippen molar-refractivity contribution in [2.75, 3.05) is 0 Å². The van der Waals surface area contributed by atoms with Crippen LogP contribution in [-0.2, 0) is 0 Å². The second kappa shape index (κ2) is 10.4. The van der Waals surface area contributed by atoms with Crippen LogP contribution in [0.25, 0.3) is 22.3 Å². The first-order valence-corrected chi connectivity index (χ1v) is 10.6. The molecule has 0 aliphatic rings. The maximum absolute atomic E-state index is 11.7. The van der Waals surface area contributed by atoms with Gasteiger partial charge < -0.3 is 10.2 Å². The molecule has 0 spiro atoms. The van der Waals surface area contributed by atoms with Gasteiger partial charge in [-0.05, 0) is 47.5 Å². The van der Waals surface area contributed by atoms with Gasteiger partial charge in [-0.1, -0.05) is 48.5 Å². The van der Waals surface area contributed by atoms with E-state index >= 15 is 0 Å². The van der Waals surface area contributed by atoms with Crippen LogP contribution in [0.4, 0.5) is 0 Å². The number of carboxylic acid groups (broad SMARTS) is 2. The molecule has 0 saturated heterocycles. The Kier molecular flexibility index (Phi) is 6.87. The molecule has 0 radical (unpaired) electrons. The molecule has 4 aromatic carbocycles. The van der Waals surface area contributed by atoms with Crippen molar-refractivity contribution in [3.63, 3.8) is 0 Å². The Hall–Kier alpha value is -5.24. The van der Waals surface area contributed by atoms with Crippen LogP contribution >= 0.6 is 0 Å². The second-order valence-electron chi connectivity index (χ2n) is 7.61. The van der Waals surface area contributed by atoms with E-state index in [-0.39, 0.29) is 33.8 Å². The summed E-state index contributed by atoms with van der Waals surface area (Å²) in [6.45, 7) is 0. The van der Waals surface area contributed by atoms with Crippen molar-refractivity contribution in [1.82, 2.24) is 0 Å². The zero-order valence-electron chi connectivity index (χ0n) is 18.6. The number of para-hydroxylation sites is 2. The van der Waals surface area contributed by atoms with Crippen LogP contribution in [0.5, 0.6) is 11.5 Å². The predicted octanol–water partition coefficient (Wildman–Crippen LogP) is 5.41. The molecule has 4 aromatic rings. The quantitative estimate of drug-likeness (QED) is 0.184. The molecule has 0 aliphatic heterocycles. The third-order valence-electron chi connectivity index (χ3n) is 5.43. The van der Waals surface area contributed by atoms with E-state index in [0.717, 1.165) is 0 Å². The molecule has 0 aromatic heterocycles. The van der Waals surface area contributed by atoms with Crippen molar-refractivity contribution in [1.29, 1.82) is 0 Å². The minimum Gasteiger partial charge on any atom is -0.478 e. The molecule has 0 aliphatic carbocycles. The summed E-state index contributed by atoms with van der Waals surface area (Å²) < 4.78 is 0. The third kappa shape index (κ3) is 4.83. The van der Waals surface area contributed by atoms with Gasteiger partial charge >= 0.3 is 11.9 Å². The van der Waals surface area contributed by atoms with Crippen molar-refractivity contribution in [3.05, 3.63) is 107 Å². The average molecular weight is 482 g/mol. The van der Waals surface area contributed by atoms with Gasteiger partial charge in [-0.25, -0.2) is 9.59 Å². The first-order chi connectivity index (χ1) is 17.4. The van der Waals surface area contributed by atoms with E-state index in [2.05, 4.69) is 0 Å². The van der Waals surface area contributed by atoms with Gasteiger partial charge in [0, 0.05) is 22.3 Å². The van der Waals surface area contributed by atoms with Gasteiger partial charge in [-0.15, -0.1) is 0 Å². The Labute approximate surface area is 204 Å². The summed E-state index contributed by atoms with van der Waals surface area (Å²) >= 11 is 0. The molecule has 8 nitrogen and oxygen atoms in total. The van der Waals surface area contributed by atoms with Gasteiger partial charge in [0.25, 0.3) is 0 Å². The molecule has 0 fully saturated rings. The number of aldehydes is 2. The normalized spacial score (nSPS) is 10.3. The van der Waals surface area contributed by atoms with E-state index in [1.54, 1.807) is 48.5 Å². The van der Waals surface area contributed by atoms with Crippen molar-refractivity contribution in [2.45, 2.75) is 0 Å². The molecular weight excluding hydrogens is 464 g/mol. The van der Waals surface area contributed by atoms with E-state index in [1.807, 2.05) is 0 Å². The summed E-state index contributed by atoms with van der Waals surface area (Å²) in [5.41, 5.74) is 2.18. The lowest BCUT2D eigenvalue weighted by molar-refractivity contribution is -0.0987. The minimum absolute atomic E-state index is 0.0238. The summed E-state index contributed by atoms with van der Waals surface area (Å²) in [5, 5.41) is 18.4. The number of benzene rings is 4. The number of hydrogen-bond donors (Lipinski definition) is 2. The Morgan fingerprint density at radius 2 is 0.944 bits per heavy atom. The van der Waals surface area contributed by atoms with Crippen molar-refractivity contribution in [2.24, 2.45) is 0 Å². The maximum Gasteiger partial charge on any atom is 0.335 e. The smallest absolute Gasteiger partial charge is 0.335 e. The van der Waals surface area contributed by atoms with Crippen molar-refractivity contribution < 1.29 is 39.2 Å². The molecule has 0 atom stereocenters. The summed E-state index contributed by atoms with van der Waals surface area (Å²) in [6, 6.07) is 21.9. The van der Waals surface area contributed by atoms with Crippen molar-refractivity contribution >= 4 is 24.5 Å². The highest BCUT2D eigenvalue weighted by molar-refractivity contribution is 5.96. The fourth-order valence-corrected chi connectivity index (χ4v) is 3.69. The number of hydrogen-bond acceptors (Lipinski definition) is 6. The molecule has 4 rings (SSSR count). The first kappa shape index (κ1) is 23.9. The number of carbonyl (C=O) groups excluding carboxylic acids is 2. The summed E-state index contributed by atoms with van der Waals surface area (Å²) in [7, 11) is 0. The predicted molar refractivity (Wildman–Crippen MR) is 130 cm³/mol. The molecule has 2 N–H and O–H groups in total. The highest BCUT2D eigenvalue weighted by atomic mass is 17.2. The molecule has 0 heterocycles. The van der Waals surface area contributed by atoms with E-state index in [4.69, 9.17) is 9.78 Å². The third-order valence-corrected chi connectivity index (χ3v) is 5.43. The monoisotopic (exact) mass is 482 g/mol. The SMILES string of the molecule is O=Cc1cc(C(=O)O)ccc1-c1ccccc1OOc1ccccc1-c1ccc(C(=O)O)cc1C=O. The van der Waals surface area contributed by atoms with Gasteiger partial charge in [-0.2, -0.15) is 0 Å².